The summed E-state index contributed by atoms with van der Waals surface area (Å²) in [6.45, 7) is 3.31. The minimum absolute atomic E-state index is 0.0825. The zero-order chi connectivity index (χ0) is 21.8. The topological polar surface area (TPSA) is 71.4 Å². The highest BCUT2D eigenvalue weighted by atomic mass is 32.2. The summed E-state index contributed by atoms with van der Waals surface area (Å²) in [5.74, 6) is -0.0879. The Bertz CT molecular complexity index is 1150. The molecule has 3 aromatic rings. The molecule has 4 rings (SSSR count). The largest absolute Gasteiger partial charge is 0.348 e. The van der Waals surface area contributed by atoms with E-state index in [1.54, 1.807) is 22.5 Å². The van der Waals surface area contributed by atoms with E-state index in [2.05, 4.69) is 5.32 Å². The molecule has 1 aliphatic rings. The maximum atomic E-state index is 13.1. The van der Waals surface area contributed by atoms with Crippen LogP contribution in [-0.4, -0.2) is 36.3 Å². The molecule has 1 fully saturated rings. The Labute approximate surface area is 183 Å². The van der Waals surface area contributed by atoms with Crippen molar-refractivity contribution in [1.82, 2.24) is 14.2 Å². The van der Waals surface area contributed by atoms with Crippen LogP contribution in [0.4, 0.5) is 0 Å². The highest BCUT2D eigenvalue weighted by molar-refractivity contribution is 7.89. The maximum Gasteiger partial charge on any atom is 0.243 e. The predicted molar refractivity (Wildman–Crippen MR) is 122 cm³/mol. The first kappa shape index (κ1) is 21.6. The summed E-state index contributed by atoms with van der Waals surface area (Å²) in [6.07, 6.45) is 5.82. The number of sulfonamides is 1. The lowest BCUT2D eigenvalue weighted by Gasteiger charge is -2.20. The van der Waals surface area contributed by atoms with Crippen LogP contribution in [0.25, 0.3) is 10.9 Å². The molecule has 0 saturated carbocycles. The van der Waals surface area contributed by atoms with E-state index in [0.717, 1.165) is 42.1 Å². The van der Waals surface area contributed by atoms with Crippen molar-refractivity contribution in [1.29, 1.82) is 0 Å². The van der Waals surface area contributed by atoms with Gasteiger partial charge in [0.25, 0.3) is 0 Å². The average molecular weight is 440 g/mol. The first-order valence-corrected chi connectivity index (χ1v) is 12.3. The fourth-order valence-electron chi connectivity index (χ4n) is 4.17. The zero-order valence-electron chi connectivity index (χ0n) is 17.8. The Morgan fingerprint density at radius 3 is 2.42 bits per heavy atom. The van der Waals surface area contributed by atoms with Crippen LogP contribution in [0.5, 0.6) is 0 Å². The van der Waals surface area contributed by atoms with Gasteiger partial charge in [-0.15, -0.1) is 0 Å². The SMILES string of the molecule is C[C@H](NC(=O)Cn1ccc2cc(S(=O)(=O)N3CCCCCC3)ccc21)c1ccccc1. The van der Waals surface area contributed by atoms with Gasteiger partial charge in [-0.2, -0.15) is 4.31 Å². The van der Waals surface area contributed by atoms with Crippen LogP contribution in [0.2, 0.25) is 0 Å². The predicted octanol–water partition coefficient (Wildman–Crippen LogP) is 4.08. The Hall–Kier alpha value is -2.64. The molecule has 2 heterocycles. The number of carbonyl (C=O) groups excluding carboxylic acids is 1. The summed E-state index contributed by atoms with van der Waals surface area (Å²) in [7, 11) is -3.49. The summed E-state index contributed by atoms with van der Waals surface area (Å²) in [5.41, 5.74) is 1.90. The van der Waals surface area contributed by atoms with E-state index in [0.29, 0.717) is 18.0 Å². The first-order valence-electron chi connectivity index (χ1n) is 10.9. The molecule has 1 aliphatic heterocycles. The quantitative estimate of drug-likeness (QED) is 0.629. The number of benzene rings is 2. The Balaban J connectivity index is 1.49. The number of hydrogen-bond donors (Lipinski definition) is 1. The van der Waals surface area contributed by atoms with Gasteiger partial charge in [0.15, 0.2) is 0 Å². The van der Waals surface area contributed by atoms with Crippen molar-refractivity contribution in [2.45, 2.75) is 50.1 Å². The molecule has 0 aliphatic carbocycles. The molecule has 0 radical (unpaired) electrons. The molecule has 164 valence electrons. The average Bonchev–Trinajstić information content (AvgIpc) is 2.97. The second-order valence-electron chi connectivity index (χ2n) is 8.18. The van der Waals surface area contributed by atoms with E-state index in [1.807, 2.05) is 54.1 Å². The van der Waals surface area contributed by atoms with Crippen molar-refractivity contribution in [3.8, 4) is 0 Å². The van der Waals surface area contributed by atoms with Gasteiger partial charge in [-0.3, -0.25) is 4.79 Å². The van der Waals surface area contributed by atoms with Gasteiger partial charge in [-0.1, -0.05) is 43.2 Å². The lowest BCUT2D eigenvalue weighted by atomic mass is 10.1. The van der Waals surface area contributed by atoms with E-state index >= 15 is 0 Å². The third kappa shape index (κ3) is 4.83. The van der Waals surface area contributed by atoms with Crippen molar-refractivity contribution in [3.05, 3.63) is 66.4 Å². The van der Waals surface area contributed by atoms with Crippen molar-refractivity contribution in [2.75, 3.05) is 13.1 Å². The number of rotatable bonds is 6. The molecular formula is C24H29N3O3S. The van der Waals surface area contributed by atoms with Crippen LogP contribution in [0, 0.1) is 0 Å². The Morgan fingerprint density at radius 1 is 1.00 bits per heavy atom. The molecule has 1 aromatic heterocycles. The molecule has 0 spiro atoms. The number of amides is 1. The van der Waals surface area contributed by atoms with E-state index < -0.39 is 10.0 Å². The number of hydrogen-bond acceptors (Lipinski definition) is 3. The van der Waals surface area contributed by atoms with Gasteiger partial charge in [0, 0.05) is 30.2 Å². The molecule has 1 saturated heterocycles. The van der Waals surface area contributed by atoms with Gasteiger partial charge in [-0.05, 0) is 49.6 Å². The molecule has 1 atom stereocenters. The third-order valence-corrected chi connectivity index (χ3v) is 7.83. The minimum Gasteiger partial charge on any atom is -0.348 e. The van der Waals surface area contributed by atoms with Crippen molar-refractivity contribution in [3.63, 3.8) is 0 Å². The Kier molecular flexibility index (Phi) is 6.43. The minimum atomic E-state index is -3.49. The van der Waals surface area contributed by atoms with E-state index in [4.69, 9.17) is 0 Å². The molecule has 31 heavy (non-hydrogen) atoms. The number of aromatic nitrogens is 1. The maximum absolute atomic E-state index is 13.1. The highest BCUT2D eigenvalue weighted by Gasteiger charge is 2.25. The molecule has 6 nitrogen and oxygen atoms in total. The second kappa shape index (κ2) is 9.24. The normalized spacial score (nSPS) is 16.7. The summed E-state index contributed by atoms with van der Waals surface area (Å²) < 4.78 is 29.6. The van der Waals surface area contributed by atoms with Gasteiger partial charge in [0.2, 0.25) is 15.9 Å². The van der Waals surface area contributed by atoms with Crippen molar-refractivity contribution in [2.24, 2.45) is 0 Å². The summed E-state index contributed by atoms with van der Waals surface area (Å²) in [5, 5.41) is 3.84. The second-order valence-corrected chi connectivity index (χ2v) is 10.1. The van der Waals surface area contributed by atoms with E-state index in [-0.39, 0.29) is 18.5 Å². The smallest absolute Gasteiger partial charge is 0.243 e. The zero-order valence-corrected chi connectivity index (χ0v) is 18.6. The summed E-state index contributed by atoms with van der Waals surface area (Å²) in [6, 6.07) is 16.8. The Morgan fingerprint density at radius 2 is 1.71 bits per heavy atom. The lowest BCUT2D eigenvalue weighted by Crippen LogP contribution is -2.31. The third-order valence-electron chi connectivity index (χ3n) is 5.94. The van der Waals surface area contributed by atoms with Crippen molar-refractivity contribution < 1.29 is 13.2 Å². The number of nitrogens with zero attached hydrogens (tertiary/aromatic N) is 2. The van der Waals surface area contributed by atoms with Gasteiger partial charge >= 0.3 is 0 Å². The fourth-order valence-corrected chi connectivity index (χ4v) is 5.73. The molecule has 0 bridgehead atoms. The molecule has 1 N–H and O–H groups in total. The van der Waals surface area contributed by atoms with Crippen molar-refractivity contribution >= 4 is 26.8 Å². The number of fused-ring (bicyclic) bond motifs is 1. The monoisotopic (exact) mass is 439 g/mol. The standard InChI is InChI=1S/C24H29N3O3S/c1-19(20-9-5-4-6-10-20)25-24(28)18-26-16-13-21-17-22(11-12-23(21)26)31(29,30)27-14-7-2-3-8-15-27/h4-6,9-13,16-17,19H,2-3,7-8,14-15,18H2,1H3,(H,25,28)/t19-/m0/s1. The van der Waals surface area contributed by atoms with E-state index in [1.165, 1.54) is 0 Å². The molecule has 0 unspecified atom stereocenters. The van der Waals surface area contributed by atoms with Crippen LogP contribution in [0.15, 0.2) is 65.7 Å². The van der Waals surface area contributed by atoms with Crippen LogP contribution in [-0.2, 0) is 21.4 Å². The number of carbonyl (C=O) groups is 1. The van der Waals surface area contributed by atoms with E-state index in [9.17, 15) is 13.2 Å². The number of nitrogens with one attached hydrogen (secondary N) is 1. The van der Waals surface area contributed by atoms with Gasteiger partial charge < -0.3 is 9.88 Å². The van der Waals surface area contributed by atoms with Crippen LogP contribution >= 0.6 is 0 Å². The molecule has 1 amide bonds. The lowest BCUT2D eigenvalue weighted by molar-refractivity contribution is -0.122. The highest BCUT2D eigenvalue weighted by Crippen LogP contribution is 2.25. The van der Waals surface area contributed by atoms with Crippen LogP contribution < -0.4 is 5.32 Å². The molecule has 7 heteroatoms. The molecular weight excluding hydrogens is 410 g/mol. The van der Waals surface area contributed by atoms with Crippen LogP contribution in [0.1, 0.15) is 44.2 Å². The fraction of sp³-hybridized carbons (Fsp3) is 0.375. The van der Waals surface area contributed by atoms with Crippen LogP contribution in [0.3, 0.4) is 0 Å². The van der Waals surface area contributed by atoms with Gasteiger partial charge in [0.05, 0.1) is 10.9 Å². The summed E-state index contributed by atoms with van der Waals surface area (Å²) in [4.78, 5) is 12.9. The molecule has 2 aromatic carbocycles. The first-order chi connectivity index (χ1) is 14.9. The van der Waals surface area contributed by atoms with Gasteiger partial charge in [-0.25, -0.2) is 8.42 Å². The van der Waals surface area contributed by atoms with Gasteiger partial charge in [0.1, 0.15) is 6.54 Å². The summed E-state index contributed by atoms with van der Waals surface area (Å²) >= 11 is 0.